The minimum atomic E-state index is -0.410. The van der Waals surface area contributed by atoms with Crippen molar-refractivity contribution < 1.29 is 19.0 Å². The Morgan fingerprint density at radius 2 is 2.03 bits per heavy atom. The molecule has 2 aliphatic heterocycles. The third kappa shape index (κ3) is 3.82. The molecule has 1 aromatic rings. The number of halogens is 1. The number of likely N-dealkylation sites (tertiary alicyclic amines) is 1. The SMILES string of the molecule is COC1CCC2C(C1)CC1C2C2(CCN(C(=O)Nc3ccccc3F)CC2)CN[C@H]1CO. The zero-order valence-electron chi connectivity index (χ0n) is 18.9. The van der Waals surface area contributed by atoms with Gasteiger partial charge in [0.05, 0.1) is 18.4 Å². The number of urea groups is 1. The van der Waals surface area contributed by atoms with Gasteiger partial charge in [-0.05, 0) is 79.7 Å². The Bertz CT molecular complexity index is 828. The molecule has 1 spiro atoms. The number of benzene rings is 1. The summed E-state index contributed by atoms with van der Waals surface area (Å²) in [6.07, 6.45) is 6.94. The molecular formula is C25H36FN3O3. The van der Waals surface area contributed by atoms with E-state index in [2.05, 4.69) is 10.6 Å². The largest absolute Gasteiger partial charge is 0.395 e. The van der Waals surface area contributed by atoms with Crippen molar-refractivity contribution in [2.45, 2.75) is 50.7 Å². The number of fused-ring (bicyclic) bond motifs is 4. The molecule has 1 aromatic carbocycles. The molecule has 2 heterocycles. The van der Waals surface area contributed by atoms with Crippen molar-refractivity contribution in [3.8, 4) is 0 Å². The van der Waals surface area contributed by atoms with E-state index >= 15 is 0 Å². The van der Waals surface area contributed by atoms with Crippen LogP contribution < -0.4 is 10.6 Å². The molecule has 0 aromatic heterocycles. The van der Waals surface area contributed by atoms with Crippen molar-refractivity contribution in [2.75, 3.05) is 38.7 Å². The summed E-state index contributed by atoms with van der Waals surface area (Å²) < 4.78 is 19.7. The maximum Gasteiger partial charge on any atom is 0.321 e. The standard InChI is InChI=1S/C25H36FN3O3/c1-32-17-6-7-18-16(12-17)13-19-22(14-30)27-15-25(23(18)19)8-10-29(11-9-25)24(31)28-21-5-3-2-4-20(21)26/h2-5,16-19,22-23,27,30H,6-15H2,1H3,(H,28,31)/t16?,17?,18?,19?,22-,23?/m0/s1. The monoisotopic (exact) mass is 445 g/mol. The molecule has 4 fully saturated rings. The van der Waals surface area contributed by atoms with E-state index in [1.54, 1.807) is 18.2 Å². The van der Waals surface area contributed by atoms with Crippen molar-refractivity contribution in [1.29, 1.82) is 0 Å². The number of hydrogen-bond acceptors (Lipinski definition) is 4. The molecular weight excluding hydrogens is 409 g/mol. The number of rotatable bonds is 3. The number of hydrogen-bond donors (Lipinski definition) is 3. The van der Waals surface area contributed by atoms with Gasteiger partial charge in [0.25, 0.3) is 0 Å². The van der Waals surface area contributed by atoms with Gasteiger partial charge in [0.15, 0.2) is 0 Å². The quantitative estimate of drug-likeness (QED) is 0.666. The average Bonchev–Trinajstić information content (AvgIpc) is 3.21. The van der Waals surface area contributed by atoms with Crippen molar-refractivity contribution >= 4 is 11.7 Å². The van der Waals surface area contributed by atoms with Gasteiger partial charge in [-0.3, -0.25) is 0 Å². The molecule has 6 atom stereocenters. The maximum absolute atomic E-state index is 14.0. The number of anilines is 1. The first-order valence-corrected chi connectivity index (χ1v) is 12.2. The summed E-state index contributed by atoms with van der Waals surface area (Å²) in [6, 6.07) is 6.27. The summed E-state index contributed by atoms with van der Waals surface area (Å²) in [5.41, 5.74) is 0.404. The Hall–Kier alpha value is -1.70. The summed E-state index contributed by atoms with van der Waals surface area (Å²) in [6.45, 7) is 2.49. The molecule has 2 saturated heterocycles. The first-order valence-electron chi connectivity index (χ1n) is 12.2. The molecule has 3 N–H and O–H groups in total. The highest BCUT2D eigenvalue weighted by atomic mass is 19.1. The van der Waals surface area contributed by atoms with E-state index in [0.29, 0.717) is 42.9 Å². The second-order valence-corrected chi connectivity index (χ2v) is 10.4. The van der Waals surface area contributed by atoms with Gasteiger partial charge in [-0.25, -0.2) is 9.18 Å². The first-order chi connectivity index (χ1) is 15.5. The predicted molar refractivity (Wildman–Crippen MR) is 121 cm³/mol. The van der Waals surface area contributed by atoms with Crippen LogP contribution in [0.4, 0.5) is 14.9 Å². The fourth-order valence-electron chi connectivity index (χ4n) is 7.56. The summed E-state index contributed by atoms with van der Waals surface area (Å²) in [4.78, 5) is 14.6. The molecule has 4 aliphatic rings. The van der Waals surface area contributed by atoms with E-state index in [-0.39, 0.29) is 29.8 Å². The number of carbonyl (C=O) groups excluding carboxylic acids is 1. The van der Waals surface area contributed by atoms with E-state index in [1.165, 1.54) is 18.9 Å². The Morgan fingerprint density at radius 1 is 1.25 bits per heavy atom. The van der Waals surface area contributed by atoms with Crippen LogP contribution in [0.5, 0.6) is 0 Å². The number of amides is 2. The van der Waals surface area contributed by atoms with Gasteiger partial charge in [0.1, 0.15) is 5.82 Å². The normalized spacial score (nSPS) is 35.9. The second kappa shape index (κ2) is 8.92. The fraction of sp³-hybridized carbons (Fsp3) is 0.720. The van der Waals surface area contributed by atoms with Crippen molar-refractivity contribution in [3.05, 3.63) is 30.1 Å². The van der Waals surface area contributed by atoms with Crippen LogP contribution in [0, 0.1) is 34.9 Å². The van der Waals surface area contributed by atoms with E-state index in [4.69, 9.17) is 4.74 Å². The van der Waals surface area contributed by atoms with Crippen LogP contribution in [0.2, 0.25) is 0 Å². The van der Waals surface area contributed by atoms with E-state index in [9.17, 15) is 14.3 Å². The molecule has 5 unspecified atom stereocenters. The average molecular weight is 446 g/mol. The molecule has 2 amide bonds. The van der Waals surface area contributed by atoms with Crippen LogP contribution in [0.3, 0.4) is 0 Å². The third-order valence-electron chi connectivity index (χ3n) is 9.12. The first kappa shape index (κ1) is 22.1. The zero-order chi connectivity index (χ0) is 22.3. The fourth-order valence-corrected chi connectivity index (χ4v) is 7.56. The Labute approximate surface area is 189 Å². The lowest BCUT2D eigenvalue weighted by Crippen LogP contribution is -2.61. The van der Waals surface area contributed by atoms with E-state index in [0.717, 1.165) is 32.2 Å². The van der Waals surface area contributed by atoms with Gasteiger partial charge >= 0.3 is 6.03 Å². The number of aliphatic hydroxyl groups is 1. The number of nitrogens with one attached hydrogen (secondary N) is 2. The van der Waals surface area contributed by atoms with E-state index in [1.807, 2.05) is 12.0 Å². The lowest BCUT2D eigenvalue weighted by atomic mass is 9.57. The molecule has 6 nitrogen and oxygen atoms in total. The van der Waals surface area contributed by atoms with Gasteiger partial charge < -0.3 is 25.4 Å². The lowest BCUT2D eigenvalue weighted by Gasteiger charge is -2.55. The minimum absolute atomic E-state index is 0.171. The number of ether oxygens (including phenoxy) is 1. The van der Waals surface area contributed by atoms with Crippen LogP contribution in [0.25, 0.3) is 0 Å². The lowest BCUT2D eigenvalue weighted by molar-refractivity contribution is -0.0459. The molecule has 32 heavy (non-hydrogen) atoms. The highest BCUT2D eigenvalue weighted by Gasteiger charge is 2.59. The van der Waals surface area contributed by atoms with E-state index < -0.39 is 5.82 Å². The summed E-state index contributed by atoms with van der Waals surface area (Å²) in [7, 11) is 1.83. The minimum Gasteiger partial charge on any atom is -0.395 e. The molecule has 5 rings (SSSR count). The Morgan fingerprint density at radius 3 is 2.75 bits per heavy atom. The second-order valence-electron chi connectivity index (χ2n) is 10.4. The number of carbonyl (C=O) groups is 1. The summed E-state index contributed by atoms with van der Waals surface area (Å²) in [5.74, 6) is 2.06. The van der Waals surface area contributed by atoms with Gasteiger partial charge in [-0.15, -0.1) is 0 Å². The van der Waals surface area contributed by atoms with Crippen LogP contribution in [-0.4, -0.2) is 61.5 Å². The highest BCUT2D eigenvalue weighted by Crippen LogP contribution is 2.60. The number of para-hydroxylation sites is 1. The number of aliphatic hydroxyl groups excluding tert-OH is 1. The van der Waals surface area contributed by atoms with Gasteiger partial charge in [0.2, 0.25) is 0 Å². The Balaban J connectivity index is 1.29. The topological polar surface area (TPSA) is 73.8 Å². The number of nitrogens with zero attached hydrogens (tertiary/aromatic N) is 1. The number of piperidine rings is 2. The van der Waals surface area contributed by atoms with Gasteiger partial charge in [0, 0.05) is 32.8 Å². The molecule has 2 saturated carbocycles. The molecule has 176 valence electrons. The molecule has 7 heteroatoms. The highest BCUT2D eigenvalue weighted by molar-refractivity contribution is 5.89. The van der Waals surface area contributed by atoms with Crippen molar-refractivity contribution in [1.82, 2.24) is 10.2 Å². The van der Waals surface area contributed by atoms with Crippen molar-refractivity contribution in [3.63, 3.8) is 0 Å². The molecule has 0 bridgehead atoms. The van der Waals surface area contributed by atoms with Gasteiger partial charge in [-0.2, -0.15) is 0 Å². The smallest absolute Gasteiger partial charge is 0.321 e. The number of methoxy groups -OCH3 is 1. The third-order valence-corrected chi connectivity index (χ3v) is 9.12. The Kier molecular flexibility index (Phi) is 6.16. The predicted octanol–water partition coefficient (Wildman–Crippen LogP) is 3.47. The zero-order valence-corrected chi connectivity index (χ0v) is 18.9. The van der Waals surface area contributed by atoms with Crippen LogP contribution in [0.1, 0.15) is 38.5 Å². The van der Waals surface area contributed by atoms with Crippen molar-refractivity contribution in [2.24, 2.45) is 29.1 Å². The van der Waals surface area contributed by atoms with Crippen LogP contribution >= 0.6 is 0 Å². The van der Waals surface area contributed by atoms with Crippen LogP contribution in [0.15, 0.2) is 24.3 Å². The molecule has 0 radical (unpaired) electrons. The maximum atomic E-state index is 14.0. The van der Waals surface area contributed by atoms with Crippen LogP contribution in [-0.2, 0) is 4.74 Å². The molecule has 2 aliphatic carbocycles. The summed E-state index contributed by atoms with van der Waals surface area (Å²) >= 11 is 0. The summed E-state index contributed by atoms with van der Waals surface area (Å²) in [5, 5.41) is 16.5. The van der Waals surface area contributed by atoms with Gasteiger partial charge in [-0.1, -0.05) is 12.1 Å².